The summed E-state index contributed by atoms with van der Waals surface area (Å²) in [6.07, 6.45) is 82.3. The number of allylic oxidation sites excluding steroid dienone is 10. The van der Waals surface area contributed by atoms with Gasteiger partial charge in [-0.05, 0) is 89.9 Å². The summed E-state index contributed by atoms with van der Waals surface area (Å²) in [5.74, 6) is -0.888. The third-order valence-corrected chi connectivity index (χ3v) is 14.7. The van der Waals surface area contributed by atoms with E-state index in [0.29, 0.717) is 19.3 Å². The van der Waals surface area contributed by atoms with Crippen LogP contribution in [0.1, 0.15) is 348 Å². The third kappa shape index (κ3) is 62.0. The number of ether oxygens (including phenoxy) is 3. The highest BCUT2D eigenvalue weighted by Crippen LogP contribution is 2.17. The van der Waals surface area contributed by atoms with E-state index in [0.717, 1.165) is 103 Å². The lowest BCUT2D eigenvalue weighted by Crippen LogP contribution is -2.30. The summed E-state index contributed by atoms with van der Waals surface area (Å²) >= 11 is 0. The zero-order valence-corrected chi connectivity index (χ0v) is 50.8. The Morgan fingerprint density at radius 3 is 0.776 bits per heavy atom. The zero-order valence-electron chi connectivity index (χ0n) is 50.8. The number of rotatable bonds is 61. The van der Waals surface area contributed by atoms with E-state index in [9.17, 15) is 14.4 Å². The van der Waals surface area contributed by atoms with Gasteiger partial charge < -0.3 is 14.2 Å². The maximum atomic E-state index is 12.9. The molecule has 1 unspecified atom stereocenters. The maximum Gasteiger partial charge on any atom is 0.306 e. The normalized spacial score (nSPS) is 12.4. The van der Waals surface area contributed by atoms with Crippen molar-refractivity contribution in [1.29, 1.82) is 0 Å². The topological polar surface area (TPSA) is 78.9 Å². The zero-order chi connectivity index (χ0) is 55.0. The number of carbonyl (C=O) groups excluding carboxylic acids is 3. The van der Waals surface area contributed by atoms with Crippen molar-refractivity contribution in [2.24, 2.45) is 0 Å². The number of hydrogen-bond acceptors (Lipinski definition) is 6. The molecule has 0 heterocycles. The predicted molar refractivity (Wildman–Crippen MR) is 330 cm³/mol. The highest BCUT2D eigenvalue weighted by molar-refractivity contribution is 5.71. The lowest BCUT2D eigenvalue weighted by molar-refractivity contribution is -0.167. The number of carbonyl (C=O) groups is 3. The minimum Gasteiger partial charge on any atom is -0.462 e. The third-order valence-electron chi connectivity index (χ3n) is 14.7. The van der Waals surface area contributed by atoms with Gasteiger partial charge in [-0.25, -0.2) is 0 Å². The van der Waals surface area contributed by atoms with E-state index in [1.54, 1.807) is 0 Å². The minimum atomic E-state index is -0.787. The monoisotopic (exact) mass is 1060 g/mol. The Bertz CT molecular complexity index is 1360. The summed E-state index contributed by atoms with van der Waals surface area (Å²) in [4.78, 5) is 38.4. The second-order valence-corrected chi connectivity index (χ2v) is 22.4. The van der Waals surface area contributed by atoms with Crippen LogP contribution >= 0.6 is 0 Å². The van der Waals surface area contributed by atoms with Crippen LogP contribution in [0.5, 0.6) is 0 Å². The van der Waals surface area contributed by atoms with Crippen LogP contribution in [-0.4, -0.2) is 37.2 Å². The van der Waals surface area contributed by atoms with Crippen LogP contribution in [0, 0.1) is 0 Å². The Kier molecular flexibility index (Phi) is 62.2. The molecule has 442 valence electrons. The van der Waals surface area contributed by atoms with Crippen LogP contribution < -0.4 is 0 Å². The molecular formula is C70H126O6. The smallest absolute Gasteiger partial charge is 0.306 e. The standard InChI is InChI=1S/C70H126O6/c1-4-7-10-13-16-19-22-25-28-31-33-34-35-36-38-39-42-45-48-51-54-57-60-63-69(72)75-66-67(65-74-68(71)62-59-56-53-50-47-44-41-30-27-24-21-18-15-12-9-6-3)76-70(73)64-61-58-55-52-49-46-43-40-37-32-29-26-23-20-17-14-11-8-5-2/h17,20-21,24,26,29-30,37,40-41,67H,4-16,18-19,22-23,25,27-28,31-36,38-39,42-66H2,1-3H3/b20-17-,24-21-,29-26-,40-37-,41-30-. The van der Waals surface area contributed by atoms with Gasteiger partial charge in [-0.15, -0.1) is 0 Å². The average Bonchev–Trinajstić information content (AvgIpc) is 3.42. The van der Waals surface area contributed by atoms with Crippen LogP contribution in [0.3, 0.4) is 0 Å². The molecular weight excluding hydrogens is 937 g/mol. The first-order valence-electron chi connectivity index (χ1n) is 33.3. The van der Waals surface area contributed by atoms with Gasteiger partial charge in [0, 0.05) is 19.3 Å². The second-order valence-electron chi connectivity index (χ2n) is 22.4. The summed E-state index contributed by atoms with van der Waals surface area (Å²) < 4.78 is 16.9. The highest BCUT2D eigenvalue weighted by Gasteiger charge is 2.19. The van der Waals surface area contributed by atoms with Crippen molar-refractivity contribution in [1.82, 2.24) is 0 Å². The van der Waals surface area contributed by atoms with Gasteiger partial charge in [0.15, 0.2) is 6.10 Å². The molecule has 0 aromatic rings. The lowest BCUT2D eigenvalue weighted by Gasteiger charge is -2.18. The summed E-state index contributed by atoms with van der Waals surface area (Å²) in [6.45, 7) is 6.63. The van der Waals surface area contributed by atoms with Crippen LogP contribution in [0.25, 0.3) is 0 Å². The SMILES string of the molecule is CCCCC/C=C\C/C=C\C/C=C\CCCCCCCCC(=O)OC(COC(=O)CCCCCCC/C=C\C/C=C\CCCCCC)COC(=O)CCCCCCCCCCCCCCCCCCCCCCCCC. The van der Waals surface area contributed by atoms with E-state index in [4.69, 9.17) is 14.2 Å². The van der Waals surface area contributed by atoms with Crippen molar-refractivity contribution in [2.75, 3.05) is 13.2 Å². The molecule has 0 saturated carbocycles. The Morgan fingerprint density at radius 2 is 0.474 bits per heavy atom. The molecule has 6 nitrogen and oxygen atoms in total. The van der Waals surface area contributed by atoms with Crippen molar-refractivity contribution in [3.8, 4) is 0 Å². The number of unbranched alkanes of at least 4 members (excludes halogenated alkanes) is 40. The maximum absolute atomic E-state index is 12.9. The van der Waals surface area contributed by atoms with Crippen molar-refractivity contribution in [3.63, 3.8) is 0 Å². The van der Waals surface area contributed by atoms with E-state index in [1.165, 1.54) is 205 Å². The molecule has 76 heavy (non-hydrogen) atoms. The van der Waals surface area contributed by atoms with Crippen LogP contribution in [-0.2, 0) is 28.6 Å². The quantitative estimate of drug-likeness (QED) is 0.0261. The second kappa shape index (κ2) is 64.6. The molecule has 6 heteroatoms. The van der Waals surface area contributed by atoms with Gasteiger partial charge in [0.25, 0.3) is 0 Å². The molecule has 0 rings (SSSR count). The molecule has 0 spiro atoms. The molecule has 0 aromatic heterocycles. The van der Waals surface area contributed by atoms with Gasteiger partial charge in [-0.3, -0.25) is 14.4 Å². The predicted octanol–water partition coefficient (Wildman–Crippen LogP) is 22.7. The molecule has 1 atom stereocenters. The number of hydrogen-bond donors (Lipinski definition) is 0. The molecule has 0 N–H and O–H groups in total. The average molecular weight is 1060 g/mol. The van der Waals surface area contributed by atoms with Gasteiger partial charge in [0.05, 0.1) is 0 Å². The first kappa shape index (κ1) is 73.1. The molecule has 0 saturated heterocycles. The van der Waals surface area contributed by atoms with E-state index in [2.05, 4.69) is 81.5 Å². The van der Waals surface area contributed by atoms with Gasteiger partial charge in [-0.1, -0.05) is 300 Å². The summed E-state index contributed by atoms with van der Waals surface area (Å²) in [5.41, 5.74) is 0. The van der Waals surface area contributed by atoms with Crippen LogP contribution in [0.2, 0.25) is 0 Å². The summed E-state index contributed by atoms with van der Waals surface area (Å²) in [7, 11) is 0. The molecule has 0 aliphatic heterocycles. The molecule has 0 radical (unpaired) electrons. The van der Waals surface area contributed by atoms with Gasteiger partial charge in [0.1, 0.15) is 13.2 Å². The van der Waals surface area contributed by atoms with Crippen LogP contribution in [0.4, 0.5) is 0 Å². The largest absolute Gasteiger partial charge is 0.462 e. The Morgan fingerprint density at radius 1 is 0.263 bits per heavy atom. The first-order valence-corrected chi connectivity index (χ1v) is 33.3. The highest BCUT2D eigenvalue weighted by atomic mass is 16.6. The fraction of sp³-hybridized carbons (Fsp3) is 0.814. The Labute approximate surface area is 472 Å². The molecule has 0 fully saturated rings. The van der Waals surface area contributed by atoms with E-state index in [-0.39, 0.29) is 31.1 Å². The minimum absolute atomic E-state index is 0.0811. The van der Waals surface area contributed by atoms with Crippen molar-refractivity contribution < 1.29 is 28.6 Å². The van der Waals surface area contributed by atoms with E-state index in [1.807, 2.05) is 0 Å². The van der Waals surface area contributed by atoms with E-state index < -0.39 is 6.10 Å². The van der Waals surface area contributed by atoms with Gasteiger partial charge in [0.2, 0.25) is 0 Å². The van der Waals surface area contributed by atoms with E-state index >= 15 is 0 Å². The molecule has 0 amide bonds. The van der Waals surface area contributed by atoms with Crippen molar-refractivity contribution in [3.05, 3.63) is 60.8 Å². The Balaban J connectivity index is 4.35. The molecule has 0 aromatic carbocycles. The Hall–Kier alpha value is -2.89. The summed E-state index contributed by atoms with van der Waals surface area (Å²) in [6, 6.07) is 0. The van der Waals surface area contributed by atoms with Gasteiger partial charge in [-0.2, -0.15) is 0 Å². The van der Waals surface area contributed by atoms with Crippen LogP contribution in [0.15, 0.2) is 60.8 Å². The van der Waals surface area contributed by atoms with Gasteiger partial charge >= 0.3 is 17.9 Å². The first-order chi connectivity index (χ1) is 37.5. The van der Waals surface area contributed by atoms with Crippen molar-refractivity contribution >= 4 is 17.9 Å². The number of esters is 3. The van der Waals surface area contributed by atoms with Crippen molar-refractivity contribution in [2.45, 2.75) is 354 Å². The molecule has 0 bridgehead atoms. The summed E-state index contributed by atoms with van der Waals surface area (Å²) in [5, 5.41) is 0. The lowest BCUT2D eigenvalue weighted by atomic mass is 10.0. The fourth-order valence-corrected chi connectivity index (χ4v) is 9.72. The molecule has 0 aliphatic carbocycles. The fourth-order valence-electron chi connectivity index (χ4n) is 9.72. The molecule has 0 aliphatic rings.